The highest BCUT2D eigenvalue weighted by atomic mass is 19.4. The molecule has 1 aromatic carbocycles. The minimum absolute atomic E-state index is 0.00632. The molecule has 0 spiro atoms. The maximum Gasteiger partial charge on any atom is 0.416 e. The fourth-order valence-corrected chi connectivity index (χ4v) is 2.77. The third kappa shape index (κ3) is 5.51. The molecule has 0 aliphatic carbocycles. The summed E-state index contributed by atoms with van der Waals surface area (Å²) in [5.74, 6) is -1.36. The van der Waals surface area contributed by atoms with Crippen molar-refractivity contribution in [3.8, 4) is 17.5 Å². The number of carbonyl (C=O) groups excluding carboxylic acids is 1. The molecule has 0 aliphatic heterocycles. The molecule has 0 fully saturated rings. The number of alkyl halides is 6. The summed E-state index contributed by atoms with van der Waals surface area (Å²) in [7, 11) is 0. The Labute approximate surface area is 182 Å². The summed E-state index contributed by atoms with van der Waals surface area (Å²) in [4.78, 5) is 23.5. The van der Waals surface area contributed by atoms with E-state index in [1.54, 1.807) is 0 Å². The van der Waals surface area contributed by atoms with Crippen LogP contribution in [0.2, 0.25) is 0 Å². The van der Waals surface area contributed by atoms with Crippen LogP contribution in [0.3, 0.4) is 0 Å². The average Bonchev–Trinajstić information content (AvgIpc) is 2.76. The van der Waals surface area contributed by atoms with Crippen LogP contribution in [0.15, 0.2) is 48.9 Å². The van der Waals surface area contributed by atoms with Gasteiger partial charge in [0, 0.05) is 29.7 Å². The normalized spacial score (nSPS) is 12.3. The Balaban J connectivity index is 2.13. The van der Waals surface area contributed by atoms with Gasteiger partial charge in [-0.25, -0.2) is 9.97 Å². The van der Waals surface area contributed by atoms with Gasteiger partial charge in [-0.2, -0.15) is 31.6 Å². The first-order valence-corrected chi connectivity index (χ1v) is 8.88. The summed E-state index contributed by atoms with van der Waals surface area (Å²) in [6.07, 6.45) is -5.32. The van der Waals surface area contributed by atoms with Crippen LogP contribution in [0.4, 0.5) is 26.3 Å². The van der Waals surface area contributed by atoms with Crippen LogP contribution in [0.25, 0.3) is 23.0 Å². The molecule has 0 aliphatic rings. The number of pyridine rings is 1. The molecular formula is C21H11F6N5O. The fraction of sp³-hybridized carbons (Fsp3) is 0.0952. The zero-order valence-electron chi connectivity index (χ0n) is 16.2. The molecule has 2 N–H and O–H groups in total. The number of hydrogen-bond donors (Lipinski definition) is 1. The molecule has 3 rings (SSSR count). The van der Waals surface area contributed by atoms with Gasteiger partial charge in [0.05, 0.1) is 28.0 Å². The summed E-state index contributed by atoms with van der Waals surface area (Å²) in [6, 6.07) is 5.42. The summed E-state index contributed by atoms with van der Waals surface area (Å²) in [5.41, 5.74) is 1.95. The third-order valence-corrected chi connectivity index (χ3v) is 4.26. The number of nitrogens with two attached hydrogens (primary N) is 1. The Morgan fingerprint density at radius 2 is 1.64 bits per heavy atom. The molecule has 2 aromatic heterocycles. The maximum absolute atomic E-state index is 13.1. The quantitative estimate of drug-likeness (QED) is 0.454. The second-order valence-corrected chi connectivity index (χ2v) is 6.60. The Kier molecular flexibility index (Phi) is 6.17. The van der Waals surface area contributed by atoms with Gasteiger partial charge >= 0.3 is 12.4 Å². The number of benzene rings is 1. The van der Waals surface area contributed by atoms with E-state index < -0.39 is 40.8 Å². The van der Waals surface area contributed by atoms with Crippen LogP contribution in [0.5, 0.6) is 0 Å². The summed E-state index contributed by atoms with van der Waals surface area (Å²) in [6.45, 7) is 0. The zero-order valence-corrected chi connectivity index (χ0v) is 16.2. The predicted molar refractivity (Wildman–Crippen MR) is 103 cm³/mol. The molecule has 1 amide bonds. The van der Waals surface area contributed by atoms with Gasteiger partial charge in [-0.1, -0.05) is 0 Å². The van der Waals surface area contributed by atoms with E-state index in [2.05, 4.69) is 15.0 Å². The maximum atomic E-state index is 13.1. The van der Waals surface area contributed by atoms with Gasteiger partial charge in [-0.05, 0) is 36.4 Å². The summed E-state index contributed by atoms with van der Waals surface area (Å²) >= 11 is 0. The molecule has 168 valence electrons. The molecule has 0 bridgehead atoms. The van der Waals surface area contributed by atoms with Crippen LogP contribution >= 0.6 is 0 Å². The number of primary amides is 1. The van der Waals surface area contributed by atoms with E-state index in [1.165, 1.54) is 24.5 Å². The molecule has 3 aromatic rings. The van der Waals surface area contributed by atoms with Crippen LogP contribution in [-0.2, 0) is 17.1 Å². The van der Waals surface area contributed by atoms with E-state index in [0.717, 1.165) is 12.3 Å². The van der Waals surface area contributed by atoms with Crippen LogP contribution in [-0.4, -0.2) is 20.9 Å². The second kappa shape index (κ2) is 8.70. The van der Waals surface area contributed by atoms with Gasteiger partial charge in [0.15, 0.2) is 5.82 Å². The Bertz CT molecular complexity index is 1260. The van der Waals surface area contributed by atoms with Gasteiger partial charge in [-0.3, -0.25) is 9.78 Å². The molecule has 0 saturated heterocycles. The van der Waals surface area contributed by atoms with E-state index >= 15 is 0 Å². The minimum Gasteiger partial charge on any atom is -0.366 e. The lowest BCUT2D eigenvalue weighted by molar-refractivity contribution is -0.143. The van der Waals surface area contributed by atoms with E-state index in [0.29, 0.717) is 12.1 Å². The van der Waals surface area contributed by atoms with E-state index in [4.69, 9.17) is 11.0 Å². The van der Waals surface area contributed by atoms with Crippen molar-refractivity contribution in [1.82, 2.24) is 15.0 Å². The second-order valence-electron chi connectivity index (χ2n) is 6.60. The van der Waals surface area contributed by atoms with Crippen molar-refractivity contribution in [3.63, 3.8) is 0 Å². The predicted octanol–water partition coefficient (Wildman–Crippen LogP) is 4.47. The first-order valence-electron chi connectivity index (χ1n) is 8.88. The highest BCUT2D eigenvalue weighted by Crippen LogP contribution is 2.38. The number of aromatic nitrogens is 3. The first-order chi connectivity index (χ1) is 15.4. The molecule has 0 unspecified atom stereocenters. The van der Waals surface area contributed by atoms with Crippen LogP contribution in [0, 0.1) is 11.3 Å². The van der Waals surface area contributed by atoms with Crippen molar-refractivity contribution in [2.45, 2.75) is 12.4 Å². The smallest absolute Gasteiger partial charge is 0.366 e. The number of nitrogens with zero attached hydrogens (tertiary/aromatic N) is 4. The van der Waals surface area contributed by atoms with Gasteiger partial charge in [0.25, 0.3) is 0 Å². The number of carbonyl (C=O) groups is 1. The number of nitriles is 1. The SMILES string of the molecule is N#Cc1cncc(/C(=C\c2ccnc(-c3cc(C(F)(F)F)cc(C(F)(F)F)c3)n2)C(N)=O)c1. The number of hydrogen-bond acceptors (Lipinski definition) is 5. The molecule has 12 heteroatoms. The zero-order chi connectivity index (χ0) is 24.4. The van der Waals surface area contributed by atoms with Crippen molar-refractivity contribution in [1.29, 1.82) is 5.26 Å². The molecule has 0 saturated carbocycles. The monoisotopic (exact) mass is 463 g/mol. The van der Waals surface area contributed by atoms with E-state index in [1.807, 2.05) is 6.07 Å². The highest BCUT2D eigenvalue weighted by Gasteiger charge is 2.37. The lowest BCUT2D eigenvalue weighted by Crippen LogP contribution is -2.13. The lowest BCUT2D eigenvalue weighted by atomic mass is 10.0. The third-order valence-electron chi connectivity index (χ3n) is 4.26. The summed E-state index contributed by atoms with van der Waals surface area (Å²) in [5, 5.41) is 8.99. The van der Waals surface area contributed by atoms with Crippen molar-refractivity contribution in [2.75, 3.05) is 0 Å². The molecule has 33 heavy (non-hydrogen) atoms. The van der Waals surface area contributed by atoms with Crippen molar-refractivity contribution in [3.05, 3.63) is 76.9 Å². The average molecular weight is 463 g/mol. The van der Waals surface area contributed by atoms with Gasteiger partial charge in [0.1, 0.15) is 6.07 Å². The lowest BCUT2D eigenvalue weighted by Gasteiger charge is -2.14. The molecular weight excluding hydrogens is 452 g/mol. The van der Waals surface area contributed by atoms with Crippen LogP contribution < -0.4 is 5.73 Å². The Hall–Kier alpha value is -4.27. The number of amides is 1. The van der Waals surface area contributed by atoms with Gasteiger partial charge < -0.3 is 5.73 Å². The number of rotatable bonds is 4. The topological polar surface area (TPSA) is 106 Å². The highest BCUT2D eigenvalue weighted by molar-refractivity contribution is 6.23. The van der Waals surface area contributed by atoms with Crippen molar-refractivity contribution < 1.29 is 31.1 Å². The molecule has 0 radical (unpaired) electrons. The van der Waals surface area contributed by atoms with Crippen molar-refractivity contribution in [2.24, 2.45) is 5.73 Å². The van der Waals surface area contributed by atoms with Crippen molar-refractivity contribution >= 4 is 17.6 Å². The number of halogens is 6. The van der Waals surface area contributed by atoms with E-state index in [9.17, 15) is 31.1 Å². The molecule has 2 heterocycles. The Morgan fingerprint density at radius 3 is 2.18 bits per heavy atom. The van der Waals surface area contributed by atoms with Gasteiger partial charge in [0.2, 0.25) is 5.91 Å². The van der Waals surface area contributed by atoms with E-state index in [-0.39, 0.29) is 28.5 Å². The van der Waals surface area contributed by atoms with Crippen LogP contribution in [0.1, 0.15) is 27.9 Å². The Morgan fingerprint density at radius 1 is 1.00 bits per heavy atom. The largest absolute Gasteiger partial charge is 0.416 e. The first kappa shape index (κ1) is 23.4. The standard InChI is InChI=1S/C21H11F6N5O/c22-20(23,24)14-4-12(5-15(6-14)21(25,26)27)19-31-2-1-16(32-19)7-17(18(29)33)13-3-11(8-28)9-30-10-13/h1-7,9-10H,(H2,29,33)/b17-7+. The molecule has 6 nitrogen and oxygen atoms in total. The summed E-state index contributed by atoms with van der Waals surface area (Å²) < 4.78 is 78.9. The van der Waals surface area contributed by atoms with Gasteiger partial charge in [-0.15, -0.1) is 0 Å². The fourth-order valence-electron chi connectivity index (χ4n) is 2.77. The molecule has 0 atom stereocenters. The minimum atomic E-state index is -5.04.